The van der Waals surface area contributed by atoms with Crippen molar-refractivity contribution in [2.75, 3.05) is 6.61 Å². The molecule has 1 aromatic rings. The molecule has 0 heterocycles. The van der Waals surface area contributed by atoms with Crippen LogP contribution in [0, 0.1) is 11.8 Å². The Hall–Kier alpha value is -1.15. The van der Waals surface area contributed by atoms with Crippen LogP contribution in [0.25, 0.3) is 0 Å². The average Bonchev–Trinajstić information content (AvgIpc) is 2.23. The molecule has 0 spiro atoms. The Morgan fingerprint density at radius 3 is 2.67 bits per heavy atom. The lowest BCUT2D eigenvalue weighted by molar-refractivity contribution is -0.115. The van der Waals surface area contributed by atoms with E-state index in [0.717, 1.165) is 25.7 Å². The second-order valence-corrected chi connectivity index (χ2v) is 4.23. The third-order valence-corrected chi connectivity index (χ3v) is 2.93. The highest BCUT2D eigenvalue weighted by molar-refractivity contribution is 5.54. The van der Waals surface area contributed by atoms with Crippen LogP contribution in [-0.2, 0) is 16.1 Å². The fraction of sp³-hybridized carbons (Fsp3) is 0.462. The summed E-state index contributed by atoms with van der Waals surface area (Å²) in [6.07, 6.45) is 3.09. The molecule has 0 N–H and O–H groups in total. The molecule has 1 aliphatic rings. The molecular formula is C13H16O2. The second kappa shape index (κ2) is 5.08. The number of carbonyl (C=O) groups is 1. The van der Waals surface area contributed by atoms with E-state index in [4.69, 9.17) is 4.74 Å². The van der Waals surface area contributed by atoms with Crippen LogP contribution >= 0.6 is 0 Å². The predicted octanol–water partition coefficient (Wildman–Crippen LogP) is 2.43. The number of hydrogen-bond donors (Lipinski definition) is 0. The molecule has 1 saturated carbocycles. The summed E-state index contributed by atoms with van der Waals surface area (Å²) < 4.78 is 5.60. The van der Waals surface area contributed by atoms with Gasteiger partial charge in [-0.3, -0.25) is 0 Å². The van der Waals surface area contributed by atoms with E-state index in [0.29, 0.717) is 18.4 Å². The van der Waals surface area contributed by atoms with Gasteiger partial charge in [0.2, 0.25) is 0 Å². The van der Waals surface area contributed by atoms with Crippen LogP contribution in [0.1, 0.15) is 18.4 Å². The third kappa shape index (κ3) is 2.90. The maximum absolute atomic E-state index is 10.4. The summed E-state index contributed by atoms with van der Waals surface area (Å²) in [6.45, 7) is 1.47. The topological polar surface area (TPSA) is 26.3 Å². The number of aldehydes is 1. The van der Waals surface area contributed by atoms with Gasteiger partial charge in [-0.25, -0.2) is 0 Å². The molecule has 80 valence electrons. The van der Waals surface area contributed by atoms with Crippen molar-refractivity contribution in [3.8, 4) is 0 Å². The van der Waals surface area contributed by atoms with Crippen molar-refractivity contribution in [3.05, 3.63) is 35.9 Å². The number of rotatable bonds is 5. The van der Waals surface area contributed by atoms with Gasteiger partial charge in [0.05, 0.1) is 6.61 Å². The van der Waals surface area contributed by atoms with Gasteiger partial charge in [-0.1, -0.05) is 30.3 Å². The van der Waals surface area contributed by atoms with E-state index in [1.54, 1.807) is 0 Å². The van der Waals surface area contributed by atoms with Crippen molar-refractivity contribution in [1.82, 2.24) is 0 Å². The summed E-state index contributed by atoms with van der Waals surface area (Å²) >= 11 is 0. The molecule has 0 bridgehead atoms. The van der Waals surface area contributed by atoms with Crippen molar-refractivity contribution in [2.24, 2.45) is 11.8 Å². The fourth-order valence-corrected chi connectivity index (χ4v) is 1.95. The Morgan fingerprint density at radius 1 is 1.27 bits per heavy atom. The first-order valence-electron chi connectivity index (χ1n) is 5.45. The first kappa shape index (κ1) is 10.4. The van der Waals surface area contributed by atoms with Crippen LogP contribution in [-0.4, -0.2) is 12.9 Å². The third-order valence-electron chi connectivity index (χ3n) is 2.93. The van der Waals surface area contributed by atoms with Gasteiger partial charge in [-0.15, -0.1) is 0 Å². The average molecular weight is 204 g/mol. The Bertz CT molecular complexity index is 302. The van der Waals surface area contributed by atoms with E-state index < -0.39 is 0 Å². The molecule has 1 aliphatic carbocycles. The summed E-state index contributed by atoms with van der Waals surface area (Å²) in [4.78, 5) is 10.4. The quantitative estimate of drug-likeness (QED) is 0.688. The zero-order valence-corrected chi connectivity index (χ0v) is 8.76. The van der Waals surface area contributed by atoms with Crippen LogP contribution in [0.3, 0.4) is 0 Å². The zero-order valence-electron chi connectivity index (χ0n) is 8.76. The minimum absolute atomic E-state index is 0.301. The van der Waals surface area contributed by atoms with Gasteiger partial charge in [0, 0.05) is 12.5 Å². The Balaban J connectivity index is 1.62. The van der Waals surface area contributed by atoms with Crippen LogP contribution in [0.2, 0.25) is 0 Å². The molecule has 1 aromatic carbocycles. The van der Waals surface area contributed by atoms with E-state index in [-0.39, 0.29) is 0 Å². The Labute approximate surface area is 90.3 Å². The van der Waals surface area contributed by atoms with E-state index >= 15 is 0 Å². The molecular weight excluding hydrogens is 188 g/mol. The van der Waals surface area contributed by atoms with E-state index in [1.807, 2.05) is 18.2 Å². The molecule has 0 saturated heterocycles. The lowest BCUT2D eigenvalue weighted by atomic mass is 9.76. The van der Waals surface area contributed by atoms with E-state index in [9.17, 15) is 4.79 Å². The first-order chi connectivity index (χ1) is 7.38. The summed E-state index contributed by atoms with van der Waals surface area (Å²) in [5, 5.41) is 0. The standard InChI is InChI=1S/C13H16O2/c14-8-12-6-13(7-12)10-15-9-11-4-2-1-3-5-11/h1-5,8,12-13H,6-7,9-10H2/t12-,13-. The highest BCUT2D eigenvalue weighted by Crippen LogP contribution is 2.32. The zero-order chi connectivity index (χ0) is 10.5. The summed E-state index contributed by atoms with van der Waals surface area (Å²) in [5.74, 6) is 0.902. The molecule has 0 unspecified atom stereocenters. The molecule has 0 amide bonds. The van der Waals surface area contributed by atoms with Gasteiger partial charge in [0.15, 0.2) is 0 Å². The van der Waals surface area contributed by atoms with E-state index in [2.05, 4.69) is 12.1 Å². The monoisotopic (exact) mass is 204 g/mol. The molecule has 0 radical (unpaired) electrons. The number of benzene rings is 1. The normalized spacial score (nSPS) is 24.5. The predicted molar refractivity (Wildman–Crippen MR) is 58.4 cm³/mol. The lowest BCUT2D eigenvalue weighted by Crippen LogP contribution is -2.28. The van der Waals surface area contributed by atoms with Crippen molar-refractivity contribution in [3.63, 3.8) is 0 Å². The molecule has 15 heavy (non-hydrogen) atoms. The van der Waals surface area contributed by atoms with Gasteiger partial charge in [-0.2, -0.15) is 0 Å². The Kier molecular flexibility index (Phi) is 3.51. The maximum Gasteiger partial charge on any atom is 0.123 e. The number of ether oxygens (including phenoxy) is 1. The van der Waals surface area contributed by atoms with Gasteiger partial charge in [0.25, 0.3) is 0 Å². The van der Waals surface area contributed by atoms with Crippen molar-refractivity contribution >= 4 is 6.29 Å². The van der Waals surface area contributed by atoms with Crippen LogP contribution in [0.4, 0.5) is 0 Å². The molecule has 1 fully saturated rings. The number of hydrogen-bond acceptors (Lipinski definition) is 2. The van der Waals surface area contributed by atoms with Crippen LogP contribution < -0.4 is 0 Å². The van der Waals surface area contributed by atoms with Gasteiger partial charge < -0.3 is 9.53 Å². The highest BCUT2D eigenvalue weighted by atomic mass is 16.5. The fourth-order valence-electron chi connectivity index (χ4n) is 1.95. The summed E-state index contributed by atoms with van der Waals surface area (Å²) in [7, 11) is 0. The molecule has 2 rings (SSSR count). The van der Waals surface area contributed by atoms with Crippen molar-refractivity contribution in [2.45, 2.75) is 19.4 Å². The molecule has 0 aliphatic heterocycles. The van der Waals surface area contributed by atoms with Crippen LogP contribution in [0.15, 0.2) is 30.3 Å². The second-order valence-electron chi connectivity index (χ2n) is 4.23. The first-order valence-corrected chi connectivity index (χ1v) is 5.45. The van der Waals surface area contributed by atoms with E-state index in [1.165, 1.54) is 5.56 Å². The minimum Gasteiger partial charge on any atom is -0.376 e. The largest absolute Gasteiger partial charge is 0.376 e. The van der Waals surface area contributed by atoms with Crippen LogP contribution in [0.5, 0.6) is 0 Å². The Morgan fingerprint density at radius 2 is 2.00 bits per heavy atom. The molecule has 0 atom stereocenters. The van der Waals surface area contributed by atoms with Crippen molar-refractivity contribution in [1.29, 1.82) is 0 Å². The molecule has 2 nitrogen and oxygen atoms in total. The van der Waals surface area contributed by atoms with Gasteiger partial charge in [-0.05, 0) is 24.3 Å². The van der Waals surface area contributed by atoms with Crippen molar-refractivity contribution < 1.29 is 9.53 Å². The molecule has 2 heteroatoms. The summed E-state index contributed by atoms with van der Waals surface area (Å²) in [5.41, 5.74) is 1.21. The lowest BCUT2D eigenvalue weighted by Gasteiger charge is -2.31. The molecule has 0 aromatic heterocycles. The highest BCUT2D eigenvalue weighted by Gasteiger charge is 2.28. The van der Waals surface area contributed by atoms with Gasteiger partial charge in [0.1, 0.15) is 6.29 Å². The number of carbonyl (C=O) groups excluding carboxylic acids is 1. The SMILES string of the molecule is O=C[C@H]1C[C@H](COCc2ccccc2)C1. The maximum atomic E-state index is 10.4. The van der Waals surface area contributed by atoms with Gasteiger partial charge >= 0.3 is 0 Å². The summed E-state index contributed by atoms with van der Waals surface area (Å²) in [6, 6.07) is 10.2. The minimum atomic E-state index is 0.301. The smallest absolute Gasteiger partial charge is 0.123 e.